The Labute approximate surface area is 126 Å². The van der Waals surface area contributed by atoms with E-state index >= 15 is 0 Å². The number of hydrogen-bond donors (Lipinski definition) is 1. The summed E-state index contributed by atoms with van der Waals surface area (Å²) in [6.45, 7) is 12.4. The fourth-order valence-corrected chi connectivity index (χ4v) is 2.53. The number of piperazine rings is 1. The summed E-state index contributed by atoms with van der Waals surface area (Å²) < 4.78 is 2.18. The van der Waals surface area contributed by atoms with Crippen LogP contribution in [0.25, 0.3) is 0 Å². The second-order valence-corrected chi connectivity index (χ2v) is 5.27. The summed E-state index contributed by atoms with van der Waals surface area (Å²) in [5, 5.41) is 2.82. The van der Waals surface area contributed by atoms with Crippen LogP contribution in [0.1, 0.15) is 12.7 Å². The van der Waals surface area contributed by atoms with Gasteiger partial charge in [0.25, 0.3) is 0 Å². The van der Waals surface area contributed by atoms with Gasteiger partial charge in [-0.2, -0.15) is 0 Å². The van der Waals surface area contributed by atoms with Gasteiger partial charge in [-0.3, -0.25) is 14.6 Å². The van der Waals surface area contributed by atoms with E-state index in [9.17, 15) is 4.79 Å². The summed E-state index contributed by atoms with van der Waals surface area (Å²) in [6.07, 6.45) is 5.58. The Bertz CT molecular complexity index is 462. The monoisotopic (exact) mass is 291 g/mol. The summed E-state index contributed by atoms with van der Waals surface area (Å²) >= 11 is 0. The van der Waals surface area contributed by atoms with Crippen LogP contribution in [-0.2, 0) is 17.9 Å². The number of carbonyl (C=O) groups excluding carboxylic acids is 1. The van der Waals surface area contributed by atoms with Gasteiger partial charge in [0.15, 0.2) is 0 Å². The average molecular weight is 291 g/mol. The molecule has 0 aliphatic carbocycles. The summed E-state index contributed by atoms with van der Waals surface area (Å²) in [4.78, 5) is 20.7. The average Bonchev–Trinajstić information content (AvgIpc) is 2.94. The molecule has 6 nitrogen and oxygen atoms in total. The van der Waals surface area contributed by atoms with E-state index in [1.165, 1.54) is 0 Å². The fourth-order valence-electron chi connectivity index (χ4n) is 2.53. The zero-order valence-corrected chi connectivity index (χ0v) is 12.8. The molecular formula is C15H25N5O. The molecule has 1 aliphatic heterocycles. The van der Waals surface area contributed by atoms with Gasteiger partial charge in [0, 0.05) is 51.7 Å². The van der Waals surface area contributed by atoms with Gasteiger partial charge in [0.2, 0.25) is 5.91 Å². The van der Waals surface area contributed by atoms with Crippen molar-refractivity contribution in [2.45, 2.75) is 20.0 Å². The van der Waals surface area contributed by atoms with Crippen molar-refractivity contribution >= 4 is 5.91 Å². The number of nitrogens with one attached hydrogen (secondary N) is 1. The van der Waals surface area contributed by atoms with Crippen molar-refractivity contribution in [1.29, 1.82) is 0 Å². The van der Waals surface area contributed by atoms with Gasteiger partial charge in [-0.15, -0.1) is 6.58 Å². The standard InChI is InChI=1S/C15H25N5O/c1-3-5-17-15(21)13-19-10-8-18(9-11-19)12-14-16-6-7-20(14)4-2/h3,6-7H,1,4-5,8-13H2,2H3,(H,17,21). The molecule has 1 saturated heterocycles. The molecule has 2 rings (SSSR count). The molecule has 1 aromatic heterocycles. The minimum atomic E-state index is 0.0740. The lowest BCUT2D eigenvalue weighted by molar-refractivity contribution is -0.122. The van der Waals surface area contributed by atoms with E-state index in [1.807, 2.05) is 12.4 Å². The molecule has 1 aliphatic rings. The zero-order chi connectivity index (χ0) is 15.1. The molecule has 0 aromatic carbocycles. The van der Waals surface area contributed by atoms with Crippen molar-refractivity contribution < 1.29 is 4.79 Å². The second-order valence-electron chi connectivity index (χ2n) is 5.27. The highest BCUT2D eigenvalue weighted by molar-refractivity contribution is 5.78. The number of rotatable bonds is 7. The molecule has 116 valence electrons. The molecule has 0 bridgehead atoms. The van der Waals surface area contributed by atoms with Crippen molar-refractivity contribution in [3.63, 3.8) is 0 Å². The molecule has 0 saturated carbocycles. The Balaban J connectivity index is 1.73. The lowest BCUT2D eigenvalue weighted by atomic mass is 10.3. The Morgan fingerprint density at radius 3 is 2.76 bits per heavy atom. The van der Waals surface area contributed by atoms with Crippen molar-refractivity contribution in [2.24, 2.45) is 0 Å². The van der Waals surface area contributed by atoms with Crippen LogP contribution in [-0.4, -0.2) is 64.5 Å². The van der Waals surface area contributed by atoms with E-state index in [-0.39, 0.29) is 5.91 Å². The van der Waals surface area contributed by atoms with E-state index in [4.69, 9.17) is 0 Å². The molecule has 1 fully saturated rings. The minimum absolute atomic E-state index is 0.0740. The predicted molar refractivity (Wildman–Crippen MR) is 82.8 cm³/mol. The van der Waals surface area contributed by atoms with Gasteiger partial charge < -0.3 is 9.88 Å². The first-order valence-electron chi connectivity index (χ1n) is 7.55. The predicted octanol–water partition coefficient (Wildman–Crippen LogP) is 0.323. The summed E-state index contributed by atoms with van der Waals surface area (Å²) in [7, 11) is 0. The summed E-state index contributed by atoms with van der Waals surface area (Å²) in [6, 6.07) is 0. The first-order chi connectivity index (χ1) is 10.2. The van der Waals surface area contributed by atoms with Crippen LogP contribution in [0.2, 0.25) is 0 Å². The summed E-state index contributed by atoms with van der Waals surface area (Å²) in [5.74, 6) is 1.19. The molecule has 21 heavy (non-hydrogen) atoms. The summed E-state index contributed by atoms with van der Waals surface area (Å²) in [5.41, 5.74) is 0. The lowest BCUT2D eigenvalue weighted by Crippen LogP contribution is -2.49. The molecule has 0 unspecified atom stereocenters. The lowest BCUT2D eigenvalue weighted by Gasteiger charge is -2.34. The number of carbonyl (C=O) groups is 1. The number of imidazole rings is 1. The van der Waals surface area contributed by atoms with Crippen molar-refractivity contribution in [1.82, 2.24) is 24.7 Å². The third-order valence-electron chi connectivity index (χ3n) is 3.78. The second kappa shape index (κ2) is 7.95. The van der Waals surface area contributed by atoms with Crippen LogP contribution < -0.4 is 5.32 Å². The van der Waals surface area contributed by atoms with Gasteiger partial charge in [-0.1, -0.05) is 6.08 Å². The van der Waals surface area contributed by atoms with E-state index in [2.05, 4.69) is 38.2 Å². The van der Waals surface area contributed by atoms with Crippen LogP contribution in [0.15, 0.2) is 25.0 Å². The molecule has 0 spiro atoms. The van der Waals surface area contributed by atoms with Crippen LogP contribution in [0.3, 0.4) is 0 Å². The third kappa shape index (κ3) is 4.68. The van der Waals surface area contributed by atoms with Crippen LogP contribution in [0.5, 0.6) is 0 Å². The molecule has 2 heterocycles. The molecule has 0 radical (unpaired) electrons. The first-order valence-corrected chi connectivity index (χ1v) is 7.55. The maximum absolute atomic E-state index is 11.7. The Morgan fingerprint density at radius 1 is 1.38 bits per heavy atom. The first kappa shape index (κ1) is 15.7. The Morgan fingerprint density at radius 2 is 2.10 bits per heavy atom. The highest BCUT2D eigenvalue weighted by Gasteiger charge is 2.19. The third-order valence-corrected chi connectivity index (χ3v) is 3.78. The van der Waals surface area contributed by atoms with Crippen molar-refractivity contribution in [3.05, 3.63) is 30.9 Å². The van der Waals surface area contributed by atoms with E-state index in [0.717, 1.165) is 45.1 Å². The fraction of sp³-hybridized carbons (Fsp3) is 0.600. The molecule has 6 heteroatoms. The Hall–Kier alpha value is -1.66. The van der Waals surface area contributed by atoms with Gasteiger partial charge in [-0.25, -0.2) is 4.98 Å². The quantitative estimate of drug-likeness (QED) is 0.735. The number of aromatic nitrogens is 2. The maximum atomic E-state index is 11.7. The van der Waals surface area contributed by atoms with Gasteiger partial charge in [0.1, 0.15) is 5.82 Å². The topological polar surface area (TPSA) is 53.4 Å². The SMILES string of the molecule is C=CCNC(=O)CN1CCN(Cc2nccn2CC)CC1. The number of hydrogen-bond acceptors (Lipinski definition) is 4. The van der Waals surface area contributed by atoms with Gasteiger partial charge in [-0.05, 0) is 6.92 Å². The van der Waals surface area contributed by atoms with Crippen LogP contribution >= 0.6 is 0 Å². The normalized spacial score (nSPS) is 16.8. The van der Waals surface area contributed by atoms with E-state index in [1.54, 1.807) is 6.08 Å². The van der Waals surface area contributed by atoms with Gasteiger partial charge in [0.05, 0.1) is 13.1 Å². The molecule has 1 aromatic rings. The zero-order valence-electron chi connectivity index (χ0n) is 12.8. The number of nitrogens with zero attached hydrogens (tertiary/aromatic N) is 4. The Kier molecular flexibility index (Phi) is 5.95. The van der Waals surface area contributed by atoms with Gasteiger partial charge >= 0.3 is 0 Å². The number of aryl methyl sites for hydroxylation is 1. The molecule has 1 amide bonds. The van der Waals surface area contributed by atoms with Crippen LogP contribution in [0, 0.1) is 0 Å². The molecular weight excluding hydrogens is 266 g/mol. The van der Waals surface area contributed by atoms with Crippen molar-refractivity contribution in [3.8, 4) is 0 Å². The minimum Gasteiger partial charge on any atom is -0.352 e. The van der Waals surface area contributed by atoms with E-state index < -0.39 is 0 Å². The van der Waals surface area contributed by atoms with E-state index in [0.29, 0.717) is 13.1 Å². The van der Waals surface area contributed by atoms with Crippen LogP contribution in [0.4, 0.5) is 0 Å². The highest BCUT2D eigenvalue weighted by Crippen LogP contribution is 2.07. The van der Waals surface area contributed by atoms with Crippen molar-refractivity contribution in [2.75, 3.05) is 39.3 Å². The maximum Gasteiger partial charge on any atom is 0.234 e. The molecule has 0 atom stereocenters. The molecule has 1 N–H and O–H groups in total. The smallest absolute Gasteiger partial charge is 0.234 e. The number of amides is 1. The largest absolute Gasteiger partial charge is 0.352 e. The highest BCUT2D eigenvalue weighted by atomic mass is 16.2.